The Bertz CT molecular complexity index is 325. The third-order valence-electron chi connectivity index (χ3n) is 2.60. The van der Waals surface area contributed by atoms with Crippen LogP contribution in [0.1, 0.15) is 13.3 Å². The van der Waals surface area contributed by atoms with Gasteiger partial charge in [-0.25, -0.2) is 0 Å². The number of anilines is 2. The lowest BCUT2D eigenvalue weighted by molar-refractivity contribution is 0.786. The summed E-state index contributed by atoms with van der Waals surface area (Å²) in [6.07, 6.45) is 1.22. The molecule has 1 aromatic carbocycles. The molecule has 2 rings (SSSR count). The van der Waals surface area contributed by atoms with Gasteiger partial charge >= 0.3 is 0 Å². The molecule has 0 aromatic heterocycles. The predicted molar refractivity (Wildman–Crippen MR) is 70.2 cm³/mol. The molecule has 1 N–H and O–H groups in total. The average molecular weight is 302 g/mol. The summed E-state index contributed by atoms with van der Waals surface area (Å²) in [5.41, 5.74) is 2.64. The lowest BCUT2D eigenvalue weighted by Crippen LogP contribution is -2.23. The van der Waals surface area contributed by atoms with Crippen molar-refractivity contribution in [1.29, 1.82) is 0 Å². The first-order valence-electron chi connectivity index (χ1n) is 5.09. The molecule has 76 valence electrons. The topological polar surface area (TPSA) is 15.3 Å². The first-order chi connectivity index (χ1) is 6.81. The smallest absolute Gasteiger partial charge is 0.0602 e. The number of nitrogens with one attached hydrogen (secondary N) is 1. The third kappa shape index (κ3) is 1.97. The van der Waals surface area contributed by atoms with Crippen molar-refractivity contribution < 1.29 is 0 Å². The number of hydrogen-bond acceptors (Lipinski definition) is 2. The molecule has 3 heteroatoms. The highest BCUT2D eigenvalue weighted by atomic mass is 127. The fourth-order valence-electron chi connectivity index (χ4n) is 1.87. The van der Waals surface area contributed by atoms with Crippen molar-refractivity contribution in [2.24, 2.45) is 0 Å². The molecule has 1 aliphatic rings. The van der Waals surface area contributed by atoms with Crippen LogP contribution in [0.4, 0.5) is 11.4 Å². The summed E-state index contributed by atoms with van der Waals surface area (Å²) in [6, 6.07) is 6.62. The Morgan fingerprint density at radius 3 is 3.14 bits per heavy atom. The van der Waals surface area contributed by atoms with E-state index in [0.717, 1.165) is 19.6 Å². The van der Waals surface area contributed by atoms with E-state index in [1.54, 1.807) is 0 Å². The highest BCUT2D eigenvalue weighted by Gasteiger charge is 2.12. The normalized spacial score (nSPS) is 15.7. The Morgan fingerprint density at radius 1 is 1.50 bits per heavy atom. The first-order valence-corrected chi connectivity index (χ1v) is 6.17. The Morgan fingerprint density at radius 2 is 2.36 bits per heavy atom. The highest BCUT2D eigenvalue weighted by Crippen LogP contribution is 2.29. The van der Waals surface area contributed by atoms with Crippen LogP contribution in [0.5, 0.6) is 0 Å². The summed E-state index contributed by atoms with van der Waals surface area (Å²) in [5, 5.41) is 3.48. The van der Waals surface area contributed by atoms with Crippen LogP contribution in [0.25, 0.3) is 0 Å². The second-order valence-electron chi connectivity index (χ2n) is 3.52. The van der Waals surface area contributed by atoms with Crippen molar-refractivity contribution in [2.75, 3.05) is 29.9 Å². The van der Waals surface area contributed by atoms with Gasteiger partial charge in [-0.1, -0.05) is 0 Å². The van der Waals surface area contributed by atoms with Crippen molar-refractivity contribution >= 4 is 34.0 Å². The maximum absolute atomic E-state index is 3.48. The number of benzene rings is 1. The molecule has 0 radical (unpaired) electrons. The van der Waals surface area contributed by atoms with Gasteiger partial charge in [0, 0.05) is 23.2 Å². The van der Waals surface area contributed by atoms with E-state index in [9.17, 15) is 0 Å². The van der Waals surface area contributed by atoms with Crippen LogP contribution >= 0.6 is 22.6 Å². The van der Waals surface area contributed by atoms with Gasteiger partial charge in [-0.15, -0.1) is 0 Å². The Balaban J connectivity index is 2.39. The van der Waals surface area contributed by atoms with Gasteiger partial charge in [-0.05, 0) is 54.1 Å². The van der Waals surface area contributed by atoms with Crippen LogP contribution < -0.4 is 10.2 Å². The van der Waals surface area contributed by atoms with Crippen LogP contribution in [-0.4, -0.2) is 19.6 Å². The van der Waals surface area contributed by atoms with Crippen molar-refractivity contribution in [2.45, 2.75) is 13.3 Å². The number of hydrogen-bond donors (Lipinski definition) is 1. The second-order valence-corrected chi connectivity index (χ2v) is 4.77. The Hall–Kier alpha value is -0.450. The number of nitrogens with zero attached hydrogens (tertiary/aromatic N) is 1. The fraction of sp³-hybridized carbons (Fsp3) is 0.455. The molecule has 1 aromatic rings. The Kier molecular flexibility index (Phi) is 3.15. The lowest BCUT2D eigenvalue weighted by atomic mass is 10.2. The van der Waals surface area contributed by atoms with E-state index in [2.05, 4.69) is 57.9 Å². The largest absolute Gasteiger partial charge is 0.383 e. The van der Waals surface area contributed by atoms with Gasteiger partial charge in [0.25, 0.3) is 0 Å². The lowest BCUT2D eigenvalue weighted by Gasteiger charge is -2.22. The minimum absolute atomic E-state index is 1.09. The van der Waals surface area contributed by atoms with E-state index in [0.29, 0.717) is 0 Å². The van der Waals surface area contributed by atoms with Crippen molar-refractivity contribution in [3.8, 4) is 0 Å². The molecule has 0 saturated heterocycles. The highest BCUT2D eigenvalue weighted by molar-refractivity contribution is 14.1. The van der Waals surface area contributed by atoms with E-state index in [-0.39, 0.29) is 0 Å². The molecule has 0 spiro atoms. The number of fused-ring (bicyclic) bond motifs is 1. The molecule has 0 bridgehead atoms. The molecule has 0 fully saturated rings. The van der Waals surface area contributed by atoms with Crippen LogP contribution in [0.15, 0.2) is 18.2 Å². The minimum atomic E-state index is 1.09. The van der Waals surface area contributed by atoms with Crippen LogP contribution in [0.2, 0.25) is 0 Å². The Labute approximate surface area is 98.8 Å². The molecule has 0 saturated carbocycles. The van der Waals surface area contributed by atoms with Gasteiger partial charge in [0.2, 0.25) is 0 Å². The number of halogens is 1. The van der Waals surface area contributed by atoms with E-state index >= 15 is 0 Å². The second kappa shape index (κ2) is 4.38. The van der Waals surface area contributed by atoms with Gasteiger partial charge in [0.1, 0.15) is 0 Å². The monoisotopic (exact) mass is 302 g/mol. The molecular formula is C11H15IN2. The standard InChI is InChI=1S/C11H15IN2/c1-2-14-7-3-6-13-10-8-9(12)4-5-11(10)14/h4-5,8,13H,2-3,6-7H2,1H3. The van der Waals surface area contributed by atoms with Gasteiger partial charge in [0.15, 0.2) is 0 Å². The molecular weight excluding hydrogens is 287 g/mol. The van der Waals surface area contributed by atoms with Crippen LogP contribution in [0.3, 0.4) is 0 Å². The van der Waals surface area contributed by atoms with Crippen molar-refractivity contribution in [1.82, 2.24) is 0 Å². The van der Waals surface area contributed by atoms with E-state index < -0.39 is 0 Å². The summed E-state index contributed by atoms with van der Waals surface area (Å²) in [7, 11) is 0. The molecule has 0 aliphatic carbocycles. The van der Waals surface area contributed by atoms with Crippen LogP contribution in [0, 0.1) is 3.57 Å². The van der Waals surface area contributed by atoms with Gasteiger partial charge in [-0.2, -0.15) is 0 Å². The molecule has 0 unspecified atom stereocenters. The maximum Gasteiger partial charge on any atom is 0.0602 e. The fourth-order valence-corrected chi connectivity index (χ4v) is 2.36. The average Bonchev–Trinajstić information content (AvgIpc) is 2.38. The summed E-state index contributed by atoms with van der Waals surface area (Å²) in [4.78, 5) is 2.44. The summed E-state index contributed by atoms with van der Waals surface area (Å²) in [6.45, 7) is 5.56. The molecule has 1 heterocycles. The third-order valence-corrected chi connectivity index (χ3v) is 3.27. The van der Waals surface area contributed by atoms with Crippen molar-refractivity contribution in [3.05, 3.63) is 21.8 Å². The van der Waals surface area contributed by atoms with E-state index in [1.807, 2.05) is 0 Å². The zero-order chi connectivity index (χ0) is 9.97. The van der Waals surface area contributed by atoms with Gasteiger partial charge < -0.3 is 10.2 Å². The summed E-state index contributed by atoms with van der Waals surface area (Å²) in [5.74, 6) is 0. The predicted octanol–water partition coefficient (Wildman–Crippen LogP) is 2.93. The maximum atomic E-state index is 3.48. The van der Waals surface area contributed by atoms with E-state index in [1.165, 1.54) is 21.4 Å². The number of rotatable bonds is 1. The molecule has 1 aliphatic heterocycles. The molecule has 0 amide bonds. The zero-order valence-corrected chi connectivity index (χ0v) is 10.5. The van der Waals surface area contributed by atoms with Gasteiger partial charge in [0.05, 0.1) is 11.4 Å². The first kappa shape index (κ1) is 10.1. The molecule has 2 nitrogen and oxygen atoms in total. The van der Waals surface area contributed by atoms with Crippen LogP contribution in [-0.2, 0) is 0 Å². The van der Waals surface area contributed by atoms with Crippen molar-refractivity contribution in [3.63, 3.8) is 0 Å². The summed E-state index contributed by atoms with van der Waals surface area (Å²) < 4.78 is 1.30. The van der Waals surface area contributed by atoms with Gasteiger partial charge in [-0.3, -0.25) is 0 Å². The van der Waals surface area contributed by atoms with E-state index in [4.69, 9.17) is 0 Å². The quantitative estimate of drug-likeness (QED) is 0.803. The molecule has 0 atom stereocenters. The SMILES string of the molecule is CCN1CCCNc2cc(I)ccc21. The molecule has 14 heavy (non-hydrogen) atoms. The minimum Gasteiger partial charge on any atom is -0.383 e. The summed E-state index contributed by atoms with van der Waals surface area (Å²) >= 11 is 2.36. The zero-order valence-electron chi connectivity index (χ0n) is 8.39.